The van der Waals surface area contributed by atoms with Crippen molar-refractivity contribution in [3.63, 3.8) is 0 Å². The smallest absolute Gasteiger partial charge is 0.311 e. The molecule has 1 aliphatic rings. The van der Waals surface area contributed by atoms with Gasteiger partial charge in [0.1, 0.15) is 0 Å². The summed E-state index contributed by atoms with van der Waals surface area (Å²) in [6.45, 7) is 6.65. The van der Waals surface area contributed by atoms with Gasteiger partial charge in [-0.15, -0.1) is 11.3 Å². The van der Waals surface area contributed by atoms with Gasteiger partial charge >= 0.3 is 5.97 Å². The minimum Gasteiger partial charge on any atom is -0.466 e. The highest BCUT2D eigenvalue weighted by atomic mass is 32.2. The van der Waals surface area contributed by atoms with E-state index in [1.807, 2.05) is 5.38 Å². The zero-order valence-corrected chi connectivity index (χ0v) is 16.2. The molecular weight excluding hydrogens is 344 g/mol. The summed E-state index contributed by atoms with van der Waals surface area (Å²) in [6.07, 6.45) is 3.70. The molecule has 1 fully saturated rings. The summed E-state index contributed by atoms with van der Waals surface area (Å²) in [6, 6.07) is 0.289. The second kappa shape index (κ2) is 9.42. The van der Waals surface area contributed by atoms with Crippen LogP contribution in [0.2, 0.25) is 0 Å². The monoisotopic (exact) mass is 370 g/mol. The molecule has 2 rings (SSSR count). The molecule has 1 saturated carbocycles. The Hall–Kier alpha value is -1.08. The van der Waals surface area contributed by atoms with E-state index in [2.05, 4.69) is 24.1 Å². The van der Waals surface area contributed by atoms with Crippen LogP contribution in [0.15, 0.2) is 9.72 Å². The Morgan fingerprint density at radius 2 is 2.21 bits per heavy atom. The quantitative estimate of drug-likeness (QED) is 0.589. The standard InChI is InChI=1S/C17H26N2O3S2/c1-4-22-16(21)8-13-9-23-17(18-13)24-10-15(20)19-14-7-5-6-11(2)12(14)3/h9,11-12,14H,4-8,10H2,1-3H3,(H,19,20)/t11-,12-,14-/m0/s1. The first-order valence-corrected chi connectivity index (χ1v) is 10.4. The van der Waals surface area contributed by atoms with Crippen LogP contribution in [0.3, 0.4) is 0 Å². The minimum atomic E-state index is -0.266. The maximum atomic E-state index is 12.2. The second-order valence-corrected chi connectivity index (χ2v) is 8.40. The van der Waals surface area contributed by atoms with Gasteiger partial charge in [0.25, 0.3) is 0 Å². The van der Waals surface area contributed by atoms with Gasteiger partial charge in [-0.1, -0.05) is 38.5 Å². The van der Waals surface area contributed by atoms with Gasteiger partial charge in [0.2, 0.25) is 5.91 Å². The van der Waals surface area contributed by atoms with Crippen LogP contribution in [0.1, 0.15) is 45.7 Å². The molecule has 1 N–H and O–H groups in total. The van der Waals surface area contributed by atoms with E-state index < -0.39 is 0 Å². The van der Waals surface area contributed by atoms with Gasteiger partial charge in [-0.2, -0.15) is 0 Å². The number of carbonyl (C=O) groups is 2. The van der Waals surface area contributed by atoms with Crippen molar-refractivity contribution >= 4 is 35.0 Å². The minimum absolute atomic E-state index is 0.0630. The zero-order valence-electron chi connectivity index (χ0n) is 14.5. The Balaban J connectivity index is 1.75. The zero-order chi connectivity index (χ0) is 17.5. The van der Waals surface area contributed by atoms with Crippen LogP contribution in [-0.2, 0) is 20.7 Å². The number of hydrogen-bond acceptors (Lipinski definition) is 6. The number of thiazole rings is 1. The normalized spacial score (nSPS) is 23.7. The molecule has 0 aromatic carbocycles. The lowest BCUT2D eigenvalue weighted by Gasteiger charge is -2.34. The van der Waals surface area contributed by atoms with Gasteiger partial charge < -0.3 is 10.1 Å². The number of carbonyl (C=O) groups excluding carboxylic acids is 2. The van der Waals surface area contributed by atoms with Crippen LogP contribution < -0.4 is 5.32 Å². The number of thioether (sulfide) groups is 1. The Kier molecular flexibility index (Phi) is 7.55. The molecule has 7 heteroatoms. The van der Waals surface area contributed by atoms with Gasteiger partial charge in [0.05, 0.1) is 24.5 Å². The highest BCUT2D eigenvalue weighted by Gasteiger charge is 2.28. The Labute approximate surface area is 152 Å². The molecule has 1 aromatic heterocycles. The first-order valence-electron chi connectivity index (χ1n) is 8.51. The second-order valence-electron chi connectivity index (χ2n) is 6.32. The Bertz CT molecular complexity index is 562. The van der Waals surface area contributed by atoms with E-state index in [1.165, 1.54) is 35.9 Å². The lowest BCUT2D eigenvalue weighted by atomic mass is 9.78. The fourth-order valence-electron chi connectivity index (χ4n) is 2.96. The third-order valence-corrected chi connectivity index (χ3v) is 6.61. The first kappa shape index (κ1) is 19.2. The van der Waals surface area contributed by atoms with E-state index in [1.54, 1.807) is 6.92 Å². The number of rotatable bonds is 7. The van der Waals surface area contributed by atoms with E-state index in [0.717, 1.165) is 10.8 Å². The lowest BCUT2D eigenvalue weighted by Crippen LogP contribution is -2.44. The van der Waals surface area contributed by atoms with Crippen molar-refractivity contribution in [3.8, 4) is 0 Å². The summed E-state index contributed by atoms with van der Waals surface area (Å²) in [5, 5.41) is 5.02. The number of esters is 1. The van der Waals surface area contributed by atoms with Crippen LogP contribution in [0.25, 0.3) is 0 Å². The van der Waals surface area contributed by atoms with Crippen molar-refractivity contribution in [2.75, 3.05) is 12.4 Å². The molecule has 0 bridgehead atoms. The molecule has 0 unspecified atom stereocenters. The molecule has 0 radical (unpaired) electrons. The van der Waals surface area contributed by atoms with Gasteiger partial charge in [0.15, 0.2) is 4.34 Å². The molecule has 24 heavy (non-hydrogen) atoms. The number of amides is 1. The van der Waals surface area contributed by atoms with Crippen molar-refractivity contribution in [2.45, 2.75) is 56.8 Å². The van der Waals surface area contributed by atoms with Crippen LogP contribution >= 0.6 is 23.1 Å². The molecule has 134 valence electrons. The van der Waals surface area contributed by atoms with Crippen molar-refractivity contribution in [1.82, 2.24) is 10.3 Å². The van der Waals surface area contributed by atoms with Crippen LogP contribution in [0, 0.1) is 11.8 Å². The highest BCUT2D eigenvalue weighted by molar-refractivity contribution is 8.01. The number of nitrogens with one attached hydrogen (secondary N) is 1. The van der Waals surface area contributed by atoms with E-state index in [4.69, 9.17) is 4.74 Å². The number of aromatic nitrogens is 1. The van der Waals surface area contributed by atoms with Gasteiger partial charge in [0, 0.05) is 11.4 Å². The first-order chi connectivity index (χ1) is 11.5. The average Bonchev–Trinajstić information content (AvgIpc) is 2.97. The summed E-state index contributed by atoms with van der Waals surface area (Å²) >= 11 is 2.89. The fraction of sp³-hybridized carbons (Fsp3) is 0.706. The summed E-state index contributed by atoms with van der Waals surface area (Å²) < 4.78 is 5.73. The van der Waals surface area contributed by atoms with E-state index in [0.29, 0.717) is 29.9 Å². The van der Waals surface area contributed by atoms with Crippen molar-refractivity contribution in [3.05, 3.63) is 11.1 Å². The average molecular weight is 371 g/mol. The molecule has 0 spiro atoms. The molecule has 0 aliphatic heterocycles. The van der Waals surface area contributed by atoms with Crippen molar-refractivity contribution in [2.24, 2.45) is 11.8 Å². The molecule has 5 nitrogen and oxygen atoms in total. The topological polar surface area (TPSA) is 68.3 Å². The number of ether oxygens (including phenoxy) is 1. The Morgan fingerprint density at radius 3 is 2.96 bits per heavy atom. The third kappa shape index (κ3) is 5.77. The van der Waals surface area contributed by atoms with Crippen LogP contribution in [0.5, 0.6) is 0 Å². The van der Waals surface area contributed by atoms with Gasteiger partial charge in [-0.25, -0.2) is 4.98 Å². The summed E-state index contributed by atoms with van der Waals surface area (Å²) in [5.41, 5.74) is 0.705. The van der Waals surface area contributed by atoms with Gasteiger partial charge in [-0.05, 0) is 25.2 Å². The third-order valence-electron chi connectivity index (χ3n) is 4.54. The van der Waals surface area contributed by atoms with E-state index >= 15 is 0 Å². The predicted octanol–water partition coefficient (Wildman–Crippen LogP) is 3.28. The molecule has 1 amide bonds. The predicted molar refractivity (Wildman–Crippen MR) is 97.3 cm³/mol. The summed E-state index contributed by atoms with van der Waals surface area (Å²) in [4.78, 5) is 28.0. The fourth-order valence-corrected chi connectivity index (χ4v) is 4.61. The van der Waals surface area contributed by atoms with Crippen molar-refractivity contribution < 1.29 is 14.3 Å². The van der Waals surface area contributed by atoms with E-state index in [9.17, 15) is 9.59 Å². The van der Waals surface area contributed by atoms with E-state index in [-0.39, 0.29) is 24.3 Å². The molecule has 1 heterocycles. The highest BCUT2D eigenvalue weighted by Crippen LogP contribution is 2.29. The van der Waals surface area contributed by atoms with Crippen LogP contribution in [0.4, 0.5) is 0 Å². The molecule has 0 saturated heterocycles. The molecule has 1 aromatic rings. The largest absolute Gasteiger partial charge is 0.466 e. The SMILES string of the molecule is CCOC(=O)Cc1csc(SCC(=O)N[C@H]2CCC[C@H](C)[C@@H]2C)n1. The maximum Gasteiger partial charge on any atom is 0.311 e. The van der Waals surface area contributed by atoms with Crippen LogP contribution in [-0.4, -0.2) is 35.3 Å². The lowest BCUT2D eigenvalue weighted by molar-refractivity contribution is -0.142. The Morgan fingerprint density at radius 1 is 1.42 bits per heavy atom. The number of hydrogen-bond donors (Lipinski definition) is 1. The molecule has 1 aliphatic carbocycles. The van der Waals surface area contributed by atoms with Crippen molar-refractivity contribution in [1.29, 1.82) is 0 Å². The number of nitrogens with zero attached hydrogens (tertiary/aromatic N) is 1. The molecule has 3 atom stereocenters. The molecular formula is C17H26N2O3S2. The van der Waals surface area contributed by atoms with Gasteiger partial charge in [-0.3, -0.25) is 9.59 Å². The summed E-state index contributed by atoms with van der Waals surface area (Å²) in [7, 11) is 0. The maximum absolute atomic E-state index is 12.2. The summed E-state index contributed by atoms with van der Waals surface area (Å²) in [5.74, 6) is 1.36.